The SMILES string of the molecule is [CH2-]/C=C(\C=C/C)C(C)C.[Cr]. The van der Waals surface area contributed by atoms with Crippen molar-refractivity contribution in [3.63, 3.8) is 0 Å². The summed E-state index contributed by atoms with van der Waals surface area (Å²) in [7, 11) is 0. The molecule has 0 amide bonds. The monoisotopic (exact) mass is 175 g/mol. The fourth-order valence-corrected chi connectivity index (χ4v) is 0.689. The molecule has 0 rings (SSSR count). The molecule has 0 aromatic heterocycles. The Morgan fingerprint density at radius 1 is 1.40 bits per heavy atom. The minimum atomic E-state index is 0. The molecule has 0 aliphatic carbocycles. The Morgan fingerprint density at radius 3 is 2.00 bits per heavy atom. The molecule has 1 heteroatoms. The van der Waals surface area contributed by atoms with E-state index in [0.29, 0.717) is 5.92 Å². The van der Waals surface area contributed by atoms with E-state index in [9.17, 15) is 0 Å². The van der Waals surface area contributed by atoms with Gasteiger partial charge in [0.25, 0.3) is 0 Å². The summed E-state index contributed by atoms with van der Waals surface area (Å²) in [6.45, 7) is 10.1. The van der Waals surface area contributed by atoms with Crippen LogP contribution in [-0.2, 0) is 17.4 Å². The summed E-state index contributed by atoms with van der Waals surface area (Å²) >= 11 is 0. The third-order valence-electron chi connectivity index (χ3n) is 1.26. The van der Waals surface area contributed by atoms with Crippen LogP contribution in [0.3, 0.4) is 0 Å². The predicted molar refractivity (Wildman–Crippen MR) is 43.1 cm³/mol. The van der Waals surface area contributed by atoms with Gasteiger partial charge >= 0.3 is 0 Å². The van der Waals surface area contributed by atoms with Gasteiger partial charge in [-0.2, -0.15) is 5.57 Å². The zero-order chi connectivity index (χ0) is 7.28. The van der Waals surface area contributed by atoms with Gasteiger partial charge in [0.2, 0.25) is 0 Å². The number of hydrogen-bond donors (Lipinski definition) is 0. The van der Waals surface area contributed by atoms with Gasteiger partial charge in [-0.15, -0.1) is 12.2 Å². The van der Waals surface area contributed by atoms with E-state index in [1.165, 1.54) is 5.57 Å². The largest absolute Gasteiger partial charge is 0.244 e. The minimum Gasteiger partial charge on any atom is -0.244 e. The van der Waals surface area contributed by atoms with Crippen molar-refractivity contribution in [3.8, 4) is 0 Å². The van der Waals surface area contributed by atoms with Gasteiger partial charge in [0, 0.05) is 17.4 Å². The summed E-state index contributed by atoms with van der Waals surface area (Å²) in [5.41, 5.74) is 1.30. The Kier molecular flexibility index (Phi) is 8.78. The van der Waals surface area contributed by atoms with Crippen LogP contribution in [0.15, 0.2) is 23.8 Å². The molecule has 0 aliphatic rings. The van der Waals surface area contributed by atoms with E-state index in [0.717, 1.165) is 0 Å². The molecule has 58 valence electrons. The predicted octanol–water partition coefficient (Wildman–Crippen LogP) is 2.98. The Hall–Kier alpha value is -0.118. The molecule has 0 nitrogen and oxygen atoms in total. The molecule has 0 unspecified atom stereocenters. The zero-order valence-corrected chi connectivity index (χ0v) is 8.20. The molecule has 0 heterocycles. The summed E-state index contributed by atoms with van der Waals surface area (Å²) < 4.78 is 0. The topological polar surface area (TPSA) is 0 Å². The molecule has 0 atom stereocenters. The molecule has 0 bridgehead atoms. The first-order valence-electron chi connectivity index (χ1n) is 3.34. The van der Waals surface area contributed by atoms with Crippen molar-refractivity contribution in [2.24, 2.45) is 5.92 Å². The van der Waals surface area contributed by atoms with Gasteiger partial charge in [-0.25, -0.2) is 13.0 Å². The first-order chi connectivity index (χ1) is 4.22. The second-order valence-corrected chi connectivity index (χ2v) is 2.36. The molecule has 0 N–H and O–H groups in total. The van der Waals surface area contributed by atoms with Gasteiger partial charge in [-0.3, -0.25) is 0 Å². The van der Waals surface area contributed by atoms with Crippen LogP contribution in [0.5, 0.6) is 0 Å². The van der Waals surface area contributed by atoms with Gasteiger partial charge in [0.1, 0.15) is 0 Å². The van der Waals surface area contributed by atoms with Crippen molar-refractivity contribution < 1.29 is 17.4 Å². The van der Waals surface area contributed by atoms with Crippen LogP contribution >= 0.6 is 0 Å². The number of rotatable bonds is 2. The van der Waals surface area contributed by atoms with E-state index in [-0.39, 0.29) is 17.4 Å². The first kappa shape index (κ1) is 12.5. The van der Waals surface area contributed by atoms with Gasteiger partial charge < -0.3 is 0 Å². The van der Waals surface area contributed by atoms with Crippen LogP contribution in [0, 0.1) is 12.8 Å². The molecule has 0 saturated heterocycles. The van der Waals surface area contributed by atoms with E-state index in [2.05, 4.69) is 26.8 Å². The second-order valence-electron chi connectivity index (χ2n) is 2.36. The van der Waals surface area contributed by atoms with Crippen molar-refractivity contribution in [3.05, 3.63) is 30.7 Å². The van der Waals surface area contributed by atoms with Gasteiger partial charge in [0.15, 0.2) is 0 Å². The zero-order valence-electron chi connectivity index (χ0n) is 6.92. The molecule has 0 aliphatic heterocycles. The third kappa shape index (κ3) is 4.73. The average molecular weight is 175 g/mol. The van der Waals surface area contributed by atoms with E-state index >= 15 is 0 Å². The van der Waals surface area contributed by atoms with Crippen LogP contribution in [-0.4, -0.2) is 0 Å². The number of allylic oxidation sites excluding steroid dienone is 4. The molecule has 0 spiro atoms. The van der Waals surface area contributed by atoms with Crippen molar-refractivity contribution in [1.82, 2.24) is 0 Å². The molecular weight excluding hydrogens is 160 g/mol. The standard InChI is InChI=1S/C9H15.Cr/c1-5-7-9(6-2)8(3)4;/h5-8H,2H2,1,3-4H3;/q-1;/b7-5-,9-6+;. The Balaban J connectivity index is 0. The summed E-state index contributed by atoms with van der Waals surface area (Å²) in [4.78, 5) is 0. The molecule has 10 heavy (non-hydrogen) atoms. The van der Waals surface area contributed by atoms with Crippen LogP contribution in [0.25, 0.3) is 0 Å². The minimum absolute atomic E-state index is 0. The Bertz CT molecular complexity index is 121. The van der Waals surface area contributed by atoms with E-state index in [4.69, 9.17) is 0 Å². The van der Waals surface area contributed by atoms with Crippen LogP contribution in [0.2, 0.25) is 0 Å². The molecule has 0 aromatic rings. The Labute approximate surface area is 75.2 Å². The van der Waals surface area contributed by atoms with Crippen molar-refractivity contribution in [1.29, 1.82) is 0 Å². The summed E-state index contributed by atoms with van der Waals surface area (Å²) in [6, 6.07) is 0. The van der Waals surface area contributed by atoms with Crippen molar-refractivity contribution in [2.75, 3.05) is 0 Å². The maximum absolute atomic E-state index is 3.71. The summed E-state index contributed by atoms with van der Waals surface area (Å²) in [5.74, 6) is 0.596. The maximum Gasteiger partial charge on any atom is 0 e. The van der Waals surface area contributed by atoms with E-state index in [1.54, 1.807) is 0 Å². The van der Waals surface area contributed by atoms with Crippen LogP contribution in [0.4, 0.5) is 0 Å². The summed E-state index contributed by atoms with van der Waals surface area (Å²) in [5, 5.41) is 0. The normalized spacial score (nSPS) is 12.2. The molecule has 0 fully saturated rings. The average Bonchev–Trinajstić information content (AvgIpc) is 1.82. The Morgan fingerprint density at radius 2 is 1.90 bits per heavy atom. The molecule has 0 saturated carbocycles. The molecule has 0 radical (unpaired) electrons. The quantitative estimate of drug-likeness (QED) is 0.447. The van der Waals surface area contributed by atoms with Gasteiger partial charge in [0.05, 0.1) is 0 Å². The third-order valence-corrected chi connectivity index (χ3v) is 1.26. The molecular formula is C9H15Cr-. The summed E-state index contributed by atoms with van der Waals surface area (Å²) in [6.07, 6.45) is 6.04. The van der Waals surface area contributed by atoms with Crippen molar-refractivity contribution in [2.45, 2.75) is 20.8 Å². The fraction of sp³-hybridized carbons (Fsp3) is 0.444. The second kappa shape index (κ2) is 7.00. The smallest absolute Gasteiger partial charge is 0 e. The van der Waals surface area contributed by atoms with E-state index < -0.39 is 0 Å². The van der Waals surface area contributed by atoms with Gasteiger partial charge in [-0.1, -0.05) is 19.8 Å². The van der Waals surface area contributed by atoms with E-state index in [1.807, 2.05) is 19.1 Å². The van der Waals surface area contributed by atoms with Crippen LogP contribution < -0.4 is 0 Å². The number of hydrogen-bond acceptors (Lipinski definition) is 0. The molecule has 0 aromatic carbocycles. The maximum atomic E-state index is 3.71. The first-order valence-corrected chi connectivity index (χ1v) is 3.34. The van der Waals surface area contributed by atoms with Crippen molar-refractivity contribution >= 4 is 0 Å². The fourth-order valence-electron chi connectivity index (χ4n) is 0.689. The van der Waals surface area contributed by atoms with Crippen LogP contribution in [0.1, 0.15) is 20.8 Å². The van der Waals surface area contributed by atoms with Gasteiger partial charge in [-0.05, 0) is 6.92 Å².